The molecule has 0 unspecified atom stereocenters. The number of amides is 2. The maximum absolute atomic E-state index is 12.9. The van der Waals surface area contributed by atoms with Crippen LogP contribution >= 0.6 is 0 Å². The van der Waals surface area contributed by atoms with E-state index in [1.165, 1.54) is 12.1 Å². The molecule has 3 aromatic rings. The Balaban J connectivity index is 1.16. The van der Waals surface area contributed by atoms with Gasteiger partial charge in [0.25, 0.3) is 5.69 Å². The van der Waals surface area contributed by atoms with Gasteiger partial charge in [-0.25, -0.2) is 0 Å². The van der Waals surface area contributed by atoms with Gasteiger partial charge in [0.05, 0.1) is 23.6 Å². The zero-order valence-electron chi connectivity index (χ0n) is 18.2. The van der Waals surface area contributed by atoms with Crippen LogP contribution in [0.2, 0.25) is 0 Å². The number of hydrogen-bond donors (Lipinski definition) is 1. The highest BCUT2D eigenvalue weighted by Crippen LogP contribution is 2.31. The molecule has 2 aromatic carbocycles. The second kappa shape index (κ2) is 8.67. The van der Waals surface area contributed by atoms with Crippen molar-refractivity contribution in [3.05, 3.63) is 69.9 Å². The molecule has 9 nitrogen and oxygen atoms in total. The number of aromatic nitrogens is 1. The van der Waals surface area contributed by atoms with E-state index in [-0.39, 0.29) is 24.0 Å². The minimum absolute atomic E-state index is 0.00391. The van der Waals surface area contributed by atoms with Crippen LogP contribution in [0.5, 0.6) is 0 Å². The number of aromatic amines is 1. The van der Waals surface area contributed by atoms with Crippen molar-refractivity contribution in [3.63, 3.8) is 0 Å². The zero-order valence-corrected chi connectivity index (χ0v) is 18.2. The van der Waals surface area contributed by atoms with Crippen LogP contribution < -0.4 is 4.90 Å². The number of carbonyl (C=O) groups is 2. The number of para-hydroxylation sites is 1. The molecule has 33 heavy (non-hydrogen) atoms. The molecule has 0 bridgehead atoms. The normalized spacial score (nSPS) is 16.2. The Morgan fingerprint density at radius 2 is 1.79 bits per heavy atom. The second-order valence-corrected chi connectivity index (χ2v) is 8.56. The molecule has 170 valence electrons. The lowest BCUT2D eigenvalue weighted by molar-refractivity contribution is -0.384. The number of nitrogens with zero attached hydrogens (tertiary/aromatic N) is 4. The van der Waals surface area contributed by atoms with Crippen LogP contribution in [0.4, 0.5) is 11.4 Å². The summed E-state index contributed by atoms with van der Waals surface area (Å²) in [7, 11) is 0. The van der Waals surface area contributed by atoms with Crippen LogP contribution in [0.25, 0.3) is 10.9 Å². The SMILES string of the molecule is O=C(Cc1c[nH]c2ccccc12)N1CCN(CC(=O)N2CCc3ccc([N+](=O)[O-])cc32)CC1. The minimum atomic E-state index is -0.437. The summed E-state index contributed by atoms with van der Waals surface area (Å²) in [6.45, 7) is 3.19. The van der Waals surface area contributed by atoms with Gasteiger partial charge in [-0.2, -0.15) is 0 Å². The number of anilines is 1. The molecule has 9 heteroatoms. The van der Waals surface area contributed by atoms with Crippen molar-refractivity contribution < 1.29 is 14.5 Å². The quantitative estimate of drug-likeness (QED) is 0.478. The molecule has 2 amide bonds. The summed E-state index contributed by atoms with van der Waals surface area (Å²) in [6, 6.07) is 12.7. The third-order valence-electron chi connectivity index (χ3n) is 6.58. The van der Waals surface area contributed by atoms with E-state index >= 15 is 0 Å². The molecule has 0 radical (unpaired) electrons. The van der Waals surface area contributed by atoms with Gasteiger partial charge in [0, 0.05) is 62.0 Å². The Morgan fingerprint density at radius 3 is 2.58 bits per heavy atom. The number of benzene rings is 2. The smallest absolute Gasteiger partial charge is 0.271 e. The van der Waals surface area contributed by atoms with Crippen LogP contribution in [0.15, 0.2) is 48.7 Å². The van der Waals surface area contributed by atoms with Crippen molar-refractivity contribution in [2.75, 3.05) is 44.2 Å². The number of piperazine rings is 1. The first-order valence-corrected chi connectivity index (χ1v) is 11.1. The Morgan fingerprint density at radius 1 is 1.00 bits per heavy atom. The van der Waals surface area contributed by atoms with Crippen molar-refractivity contribution in [2.24, 2.45) is 0 Å². The number of non-ortho nitro benzene ring substituents is 1. The fraction of sp³-hybridized carbons (Fsp3) is 0.333. The molecule has 0 saturated carbocycles. The third-order valence-corrected chi connectivity index (χ3v) is 6.58. The summed E-state index contributed by atoms with van der Waals surface area (Å²) in [4.78, 5) is 45.2. The highest BCUT2D eigenvalue weighted by Gasteiger charge is 2.29. The van der Waals surface area contributed by atoms with Crippen molar-refractivity contribution in [1.29, 1.82) is 0 Å². The van der Waals surface area contributed by atoms with Gasteiger partial charge in [0.1, 0.15) is 0 Å². The standard InChI is InChI=1S/C24H25N5O4/c30-23(13-18-15-25-21-4-2-1-3-20(18)21)27-11-9-26(10-12-27)16-24(31)28-8-7-17-5-6-19(29(32)33)14-22(17)28/h1-6,14-15,25H,7-13,16H2. The number of nitrogens with one attached hydrogen (secondary N) is 1. The van der Waals surface area contributed by atoms with E-state index in [1.54, 1.807) is 11.0 Å². The lowest BCUT2D eigenvalue weighted by Gasteiger charge is -2.35. The van der Waals surface area contributed by atoms with Gasteiger partial charge in [-0.15, -0.1) is 0 Å². The zero-order chi connectivity index (χ0) is 22.9. The summed E-state index contributed by atoms with van der Waals surface area (Å²) < 4.78 is 0. The number of nitro benzene ring substituents is 1. The monoisotopic (exact) mass is 447 g/mol. The number of nitro groups is 1. The Hall–Kier alpha value is -3.72. The lowest BCUT2D eigenvalue weighted by atomic mass is 10.1. The molecule has 0 spiro atoms. The van der Waals surface area contributed by atoms with Crippen molar-refractivity contribution in [3.8, 4) is 0 Å². The largest absolute Gasteiger partial charge is 0.361 e. The van der Waals surface area contributed by atoms with Gasteiger partial charge >= 0.3 is 0 Å². The summed E-state index contributed by atoms with van der Waals surface area (Å²) in [6.07, 6.45) is 2.96. The first-order valence-electron chi connectivity index (χ1n) is 11.1. The van der Waals surface area contributed by atoms with Gasteiger partial charge in [0.15, 0.2) is 0 Å². The van der Waals surface area contributed by atoms with Crippen molar-refractivity contribution in [1.82, 2.24) is 14.8 Å². The highest BCUT2D eigenvalue weighted by molar-refractivity contribution is 5.97. The molecule has 0 aliphatic carbocycles. The lowest BCUT2D eigenvalue weighted by Crippen LogP contribution is -2.51. The Kier molecular flexibility index (Phi) is 5.55. The molecule has 5 rings (SSSR count). The van der Waals surface area contributed by atoms with Gasteiger partial charge in [-0.1, -0.05) is 24.3 Å². The third kappa shape index (κ3) is 4.19. The van der Waals surface area contributed by atoms with E-state index in [1.807, 2.05) is 40.3 Å². The van der Waals surface area contributed by atoms with Gasteiger partial charge in [-0.3, -0.25) is 24.6 Å². The summed E-state index contributed by atoms with van der Waals surface area (Å²) in [5.41, 5.74) is 3.62. The summed E-state index contributed by atoms with van der Waals surface area (Å²) in [5.74, 6) is 0.0272. The minimum Gasteiger partial charge on any atom is -0.361 e. The molecule has 1 N–H and O–H groups in total. The van der Waals surface area contributed by atoms with E-state index in [0.717, 1.165) is 22.0 Å². The molecule has 2 aliphatic rings. The summed E-state index contributed by atoms with van der Waals surface area (Å²) in [5, 5.41) is 12.2. The predicted molar refractivity (Wildman–Crippen MR) is 124 cm³/mol. The van der Waals surface area contributed by atoms with E-state index in [4.69, 9.17) is 0 Å². The highest BCUT2D eigenvalue weighted by atomic mass is 16.6. The van der Waals surface area contributed by atoms with Crippen LogP contribution in [-0.4, -0.2) is 70.8 Å². The van der Waals surface area contributed by atoms with Crippen molar-refractivity contribution >= 4 is 34.1 Å². The summed E-state index contributed by atoms with van der Waals surface area (Å²) >= 11 is 0. The van der Waals surface area contributed by atoms with E-state index in [2.05, 4.69) is 4.98 Å². The van der Waals surface area contributed by atoms with Gasteiger partial charge < -0.3 is 14.8 Å². The van der Waals surface area contributed by atoms with E-state index < -0.39 is 4.92 Å². The van der Waals surface area contributed by atoms with Gasteiger partial charge in [-0.05, 0) is 23.6 Å². The van der Waals surface area contributed by atoms with Crippen LogP contribution in [0, 0.1) is 10.1 Å². The fourth-order valence-corrected chi connectivity index (χ4v) is 4.72. The number of carbonyl (C=O) groups excluding carboxylic acids is 2. The molecular formula is C24H25N5O4. The molecule has 1 fully saturated rings. The van der Waals surface area contributed by atoms with Crippen molar-refractivity contribution in [2.45, 2.75) is 12.8 Å². The maximum atomic E-state index is 12.9. The van der Waals surface area contributed by atoms with Crippen LogP contribution in [0.3, 0.4) is 0 Å². The molecular weight excluding hydrogens is 422 g/mol. The maximum Gasteiger partial charge on any atom is 0.271 e. The van der Waals surface area contributed by atoms with E-state index in [9.17, 15) is 19.7 Å². The molecule has 3 heterocycles. The van der Waals surface area contributed by atoms with Crippen LogP contribution in [0.1, 0.15) is 11.1 Å². The average Bonchev–Trinajstić information content (AvgIpc) is 3.43. The fourth-order valence-electron chi connectivity index (χ4n) is 4.72. The topological polar surface area (TPSA) is 103 Å². The van der Waals surface area contributed by atoms with Gasteiger partial charge in [0.2, 0.25) is 11.8 Å². The first-order chi connectivity index (χ1) is 16.0. The molecule has 1 aromatic heterocycles. The molecule has 0 atom stereocenters. The number of H-pyrrole nitrogens is 1. The van der Waals surface area contributed by atoms with Crippen LogP contribution in [-0.2, 0) is 22.4 Å². The Bertz CT molecular complexity index is 1230. The molecule has 1 saturated heterocycles. The number of rotatable bonds is 5. The second-order valence-electron chi connectivity index (χ2n) is 8.56. The number of hydrogen-bond acceptors (Lipinski definition) is 5. The predicted octanol–water partition coefficient (Wildman–Crippen LogP) is 2.35. The number of fused-ring (bicyclic) bond motifs is 2. The Labute approximate surface area is 190 Å². The average molecular weight is 447 g/mol. The molecule has 2 aliphatic heterocycles. The first kappa shape index (κ1) is 21.1. The van der Waals surface area contributed by atoms with E-state index in [0.29, 0.717) is 51.3 Å².